The van der Waals surface area contributed by atoms with Crippen LogP contribution in [0.15, 0.2) is 0 Å². The zero-order valence-corrected chi connectivity index (χ0v) is 11.9. The molecule has 0 aromatic carbocycles. The van der Waals surface area contributed by atoms with Gasteiger partial charge in [0.05, 0.1) is 6.10 Å². The molecule has 0 aromatic rings. The third kappa shape index (κ3) is 2.02. The monoisotopic (exact) mass is 240 g/mol. The van der Waals surface area contributed by atoms with Crippen LogP contribution in [0.4, 0.5) is 0 Å². The quantitative estimate of drug-likeness (QED) is 0.800. The molecule has 3 heteroatoms. The van der Waals surface area contributed by atoms with Crippen molar-refractivity contribution in [1.29, 1.82) is 0 Å². The fourth-order valence-corrected chi connectivity index (χ4v) is 3.69. The third-order valence-corrected chi connectivity index (χ3v) is 5.49. The molecule has 100 valence electrons. The van der Waals surface area contributed by atoms with E-state index < -0.39 is 0 Å². The Morgan fingerprint density at radius 2 is 1.94 bits per heavy atom. The molecule has 0 spiro atoms. The van der Waals surface area contributed by atoms with Gasteiger partial charge in [0.2, 0.25) is 0 Å². The smallest absolute Gasteiger partial charge is 0.0652 e. The standard InChI is InChI=1S/C14H28N2O/c1-9-10(2)16(7-6-11(9)15)12-8-13(17-5)14(12,3)4/h9-13H,6-8,15H2,1-5H3. The summed E-state index contributed by atoms with van der Waals surface area (Å²) < 4.78 is 5.55. The first-order chi connectivity index (χ1) is 7.89. The van der Waals surface area contributed by atoms with E-state index in [9.17, 15) is 0 Å². The van der Waals surface area contributed by atoms with E-state index in [1.807, 2.05) is 7.11 Å². The molecule has 1 saturated carbocycles. The number of nitrogens with two attached hydrogens (primary N) is 1. The minimum absolute atomic E-state index is 0.282. The second kappa shape index (κ2) is 4.52. The highest BCUT2D eigenvalue weighted by Gasteiger charge is 2.53. The van der Waals surface area contributed by atoms with Crippen molar-refractivity contribution in [2.75, 3.05) is 13.7 Å². The van der Waals surface area contributed by atoms with Gasteiger partial charge in [-0.2, -0.15) is 0 Å². The van der Waals surface area contributed by atoms with Gasteiger partial charge in [-0.15, -0.1) is 0 Å². The third-order valence-electron chi connectivity index (χ3n) is 5.49. The van der Waals surface area contributed by atoms with Crippen molar-refractivity contribution in [3.8, 4) is 0 Å². The number of methoxy groups -OCH3 is 1. The van der Waals surface area contributed by atoms with Gasteiger partial charge in [-0.1, -0.05) is 20.8 Å². The van der Waals surface area contributed by atoms with Crippen molar-refractivity contribution in [3.05, 3.63) is 0 Å². The highest BCUT2D eigenvalue weighted by atomic mass is 16.5. The Kier molecular flexibility index (Phi) is 3.54. The molecule has 5 atom stereocenters. The van der Waals surface area contributed by atoms with Crippen molar-refractivity contribution in [2.24, 2.45) is 17.1 Å². The lowest BCUT2D eigenvalue weighted by Gasteiger charge is -2.59. The minimum Gasteiger partial charge on any atom is -0.381 e. The lowest BCUT2D eigenvalue weighted by molar-refractivity contribution is -0.155. The average molecular weight is 240 g/mol. The molecule has 0 aromatic heterocycles. The van der Waals surface area contributed by atoms with Crippen LogP contribution in [0, 0.1) is 11.3 Å². The van der Waals surface area contributed by atoms with Crippen molar-refractivity contribution in [3.63, 3.8) is 0 Å². The summed E-state index contributed by atoms with van der Waals surface area (Å²) in [6.45, 7) is 10.4. The van der Waals surface area contributed by atoms with E-state index in [-0.39, 0.29) is 5.41 Å². The van der Waals surface area contributed by atoms with Gasteiger partial charge in [0.25, 0.3) is 0 Å². The predicted molar refractivity (Wildman–Crippen MR) is 70.9 cm³/mol. The number of piperidine rings is 1. The van der Waals surface area contributed by atoms with Crippen LogP contribution < -0.4 is 5.73 Å². The molecule has 3 nitrogen and oxygen atoms in total. The van der Waals surface area contributed by atoms with Crippen LogP contribution in [-0.2, 0) is 4.74 Å². The number of hydrogen-bond acceptors (Lipinski definition) is 3. The minimum atomic E-state index is 0.282. The van der Waals surface area contributed by atoms with E-state index in [4.69, 9.17) is 10.5 Å². The molecule has 2 N–H and O–H groups in total. The first kappa shape index (κ1) is 13.3. The summed E-state index contributed by atoms with van der Waals surface area (Å²) in [4.78, 5) is 2.67. The summed E-state index contributed by atoms with van der Waals surface area (Å²) >= 11 is 0. The summed E-state index contributed by atoms with van der Waals surface area (Å²) in [7, 11) is 1.83. The largest absolute Gasteiger partial charge is 0.381 e. The number of nitrogens with zero attached hydrogens (tertiary/aromatic N) is 1. The van der Waals surface area contributed by atoms with Crippen LogP contribution in [0.1, 0.15) is 40.5 Å². The molecular formula is C14H28N2O. The zero-order chi connectivity index (χ0) is 12.8. The Balaban J connectivity index is 2.05. The normalized spacial score (nSPS) is 46.6. The molecule has 1 heterocycles. The molecule has 0 bridgehead atoms. The first-order valence-electron chi connectivity index (χ1n) is 6.93. The van der Waals surface area contributed by atoms with Crippen LogP contribution in [-0.4, -0.2) is 42.8 Å². The topological polar surface area (TPSA) is 38.5 Å². The van der Waals surface area contributed by atoms with Crippen LogP contribution in [0.5, 0.6) is 0 Å². The molecule has 5 unspecified atom stereocenters. The van der Waals surface area contributed by atoms with Gasteiger partial charge in [-0.05, 0) is 25.7 Å². The summed E-state index contributed by atoms with van der Waals surface area (Å²) in [6.07, 6.45) is 2.73. The van der Waals surface area contributed by atoms with Crippen LogP contribution in [0.3, 0.4) is 0 Å². The number of rotatable bonds is 2. The second-order valence-electron chi connectivity index (χ2n) is 6.59. The molecule has 1 saturated heterocycles. The summed E-state index contributed by atoms with van der Waals surface area (Å²) in [5.74, 6) is 0.598. The first-order valence-corrected chi connectivity index (χ1v) is 6.93. The van der Waals surface area contributed by atoms with Gasteiger partial charge in [-0.3, -0.25) is 4.90 Å². The summed E-state index contributed by atoms with van der Waals surface area (Å²) in [5.41, 5.74) is 6.44. The Labute approximate surface area is 106 Å². The molecule has 1 aliphatic heterocycles. The Morgan fingerprint density at radius 1 is 1.29 bits per heavy atom. The highest BCUT2D eigenvalue weighted by molar-refractivity contribution is 5.06. The maximum Gasteiger partial charge on any atom is 0.0652 e. The van der Waals surface area contributed by atoms with E-state index in [0.717, 1.165) is 13.0 Å². The highest BCUT2D eigenvalue weighted by Crippen LogP contribution is 2.47. The predicted octanol–water partition coefficient (Wildman–Crippen LogP) is 1.86. The lowest BCUT2D eigenvalue weighted by Crippen LogP contribution is -2.67. The summed E-state index contributed by atoms with van der Waals surface area (Å²) in [5, 5.41) is 0. The Morgan fingerprint density at radius 3 is 2.47 bits per heavy atom. The average Bonchev–Trinajstić information content (AvgIpc) is 2.28. The summed E-state index contributed by atoms with van der Waals surface area (Å²) in [6, 6.07) is 1.64. The maximum atomic E-state index is 6.16. The Hall–Kier alpha value is -0.120. The fourth-order valence-electron chi connectivity index (χ4n) is 3.69. The van der Waals surface area contributed by atoms with E-state index in [0.29, 0.717) is 30.1 Å². The number of likely N-dealkylation sites (tertiary alicyclic amines) is 1. The van der Waals surface area contributed by atoms with Crippen molar-refractivity contribution in [2.45, 2.75) is 64.8 Å². The van der Waals surface area contributed by atoms with E-state index in [1.54, 1.807) is 0 Å². The van der Waals surface area contributed by atoms with Crippen molar-refractivity contribution in [1.82, 2.24) is 4.90 Å². The van der Waals surface area contributed by atoms with Crippen molar-refractivity contribution >= 4 is 0 Å². The van der Waals surface area contributed by atoms with E-state index in [1.165, 1.54) is 6.42 Å². The lowest BCUT2D eigenvalue weighted by atomic mass is 9.62. The zero-order valence-electron chi connectivity index (χ0n) is 11.9. The van der Waals surface area contributed by atoms with Gasteiger partial charge in [0, 0.05) is 37.2 Å². The van der Waals surface area contributed by atoms with E-state index in [2.05, 4.69) is 32.6 Å². The fraction of sp³-hybridized carbons (Fsp3) is 1.00. The van der Waals surface area contributed by atoms with Gasteiger partial charge in [0.15, 0.2) is 0 Å². The molecule has 2 rings (SSSR count). The van der Waals surface area contributed by atoms with Gasteiger partial charge in [-0.25, -0.2) is 0 Å². The number of ether oxygens (including phenoxy) is 1. The second-order valence-corrected chi connectivity index (χ2v) is 6.59. The SMILES string of the molecule is COC1CC(N2CCC(N)C(C)C2C)C1(C)C. The Bertz CT molecular complexity index is 279. The molecule has 2 aliphatic rings. The van der Waals surface area contributed by atoms with Crippen LogP contribution in [0.2, 0.25) is 0 Å². The molecular weight excluding hydrogens is 212 g/mol. The van der Waals surface area contributed by atoms with Crippen molar-refractivity contribution < 1.29 is 4.74 Å². The van der Waals surface area contributed by atoms with E-state index >= 15 is 0 Å². The van der Waals surface area contributed by atoms with Crippen LogP contribution >= 0.6 is 0 Å². The molecule has 17 heavy (non-hydrogen) atoms. The van der Waals surface area contributed by atoms with Crippen LogP contribution in [0.25, 0.3) is 0 Å². The molecule has 1 aliphatic carbocycles. The maximum absolute atomic E-state index is 6.16. The van der Waals surface area contributed by atoms with Gasteiger partial charge < -0.3 is 10.5 Å². The van der Waals surface area contributed by atoms with Gasteiger partial charge in [0.1, 0.15) is 0 Å². The number of hydrogen-bond donors (Lipinski definition) is 1. The molecule has 0 amide bonds. The molecule has 2 fully saturated rings. The molecule has 0 radical (unpaired) electrons. The van der Waals surface area contributed by atoms with Gasteiger partial charge >= 0.3 is 0 Å².